The van der Waals surface area contributed by atoms with Crippen molar-refractivity contribution in [3.05, 3.63) is 29.6 Å². The summed E-state index contributed by atoms with van der Waals surface area (Å²) >= 11 is 0. The molecule has 1 aliphatic heterocycles. The zero-order valence-electron chi connectivity index (χ0n) is 11.1. The maximum atomic E-state index is 13.6. The van der Waals surface area contributed by atoms with E-state index < -0.39 is 5.82 Å². The van der Waals surface area contributed by atoms with Crippen molar-refractivity contribution in [3.63, 3.8) is 0 Å². The van der Waals surface area contributed by atoms with E-state index in [9.17, 15) is 9.50 Å². The summed E-state index contributed by atoms with van der Waals surface area (Å²) < 4.78 is 13.6. The van der Waals surface area contributed by atoms with E-state index in [1.807, 2.05) is 6.07 Å². The molecular formula is C15H21FN2O. The van der Waals surface area contributed by atoms with E-state index in [1.165, 1.54) is 31.4 Å². The summed E-state index contributed by atoms with van der Waals surface area (Å²) in [5.41, 5.74) is 1.02. The lowest BCUT2D eigenvalue weighted by atomic mass is 9.76. The van der Waals surface area contributed by atoms with E-state index in [1.54, 1.807) is 0 Å². The van der Waals surface area contributed by atoms with Gasteiger partial charge in [0.1, 0.15) is 0 Å². The molecule has 3 nitrogen and oxygen atoms in total. The Labute approximate surface area is 113 Å². The number of piperazine rings is 1. The molecule has 0 radical (unpaired) electrons. The lowest BCUT2D eigenvalue weighted by Gasteiger charge is -2.43. The number of benzene rings is 1. The van der Waals surface area contributed by atoms with Gasteiger partial charge in [0.25, 0.3) is 0 Å². The van der Waals surface area contributed by atoms with E-state index in [-0.39, 0.29) is 5.75 Å². The Hall–Kier alpha value is -1.13. The van der Waals surface area contributed by atoms with Gasteiger partial charge in [-0.15, -0.1) is 0 Å². The second-order valence-corrected chi connectivity index (χ2v) is 5.63. The summed E-state index contributed by atoms with van der Waals surface area (Å²) in [7, 11) is 0. The first-order valence-electron chi connectivity index (χ1n) is 7.19. The number of phenols is 1. The van der Waals surface area contributed by atoms with Gasteiger partial charge in [-0.1, -0.05) is 12.5 Å². The molecule has 1 heterocycles. The minimum absolute atomic E-state index is 0.253. The van der Waals surface area contributed by atoms with Crippen molar-refractivity contribution in [2.24, 2.45) is 5.92 Å². The average molecular weight is 264 g/mol. The van der Waals surface area contributed by atoms with Gasteiger partial charge in [0.05, 0.1) is 0 Å². The van der Waals surface area contributed by atoms with Gasteiger partial charge in [-0.2, -0.15) is 0 Å². The number of rotatable bonds is 3. The molecule has 0 unspecified atom stereocenters. The van der Waals surface area contributed by atoms with Crippen molar-refractivity contribution in [1.82, 2.24) is 10.2 Å². The fraction of sp³-hybridized carbons (Fsp3) is 0.600. The predicted molar refractivity (Wildman–Crippen MR) is 72.6 cm³/mol. The molecule has 104 valence electrons. The fourth-order valence-corrected chi connectivity index (χ4v) is 3.20. The maximum absolute atomic E-state index is 13.6. The number of hydrogen-bond donors (Lipinski definition) is 2. The predicted octanol–water partition coefficient (Wildman–Crippen LogP) is 2.28. The molecule has 1 aromatic rings. The largest absolute Gasteiger partial charge is 0.505 e. The van der Waals surface area contributed by atoms with Crippen LogP contribution in [0.5, 0.6) is 5.75 Å². The van der Waals surface area contributed by atoms with Gasteiger partial charge < -0.3 is 10.4 Å². The Balaban J connectivity index is 1.86. The van der Waals surface area contributed by atoms with Gasteiger partial charge in [-0.3, -0.25) is 4.90 Å². The number of nitrogens with one attached hydrogen (secondary N) is 1. The topological polar surface area (TPSA) is 35.5 Å². The van der Waals surface area contributed by atoms with Crippen LogP contribution in [-0.2, 0) is 0 Å². The van der Waals surface area contributed by atoms with Crippen LogP contribution < -0.4 is 5.32 Å². The van der Waals surface area contributed by atoms with Gasteiger partial charge in [-0.25, -0.2) is 4.39 Å². The van der Waals surface area contributed by atoms with Crippen molar-refractivity contribution < 1.29 is 9.50 Å². The molecule has 19 heavy (non-hydrogen) atoms. The lowest BCUT2D eigenvalue weighted by molar-refractivity contribution is 0.0834. The van der Waals surface area contributed by atoms with Crippen LogP contribution in [0.4, 0.5) is 4.39 Å². The van der Waals surface area contributed by atoms with Crippen LogP contribution in [0.15, 0.2) is 18.2 Å². The summed E-state index contributed by atoms with van der Waals surface area (Å²) in [5.74, 6) is -0.115. The van der Waals surface area contributed by atoms with Crippen LogP contribution in [0, 0.1) is 11.7 Å². The Morgan fingerprint density at radius 3 is 2.58 bits per heavy atom. The van der Waals surface area contributed by atoms with Crippen LogP contribution in [0.3, 0.4) is 0 Å². The highest BCUT2D eigenvalue weighted by Crippen LogP contribution is 2.42. The summed E-state index contributed by atoms with van der Waals surface area (Å²) in [5, 5.41) is 12.7. The third-order valence-electron chi connectivity index (χ3n) is 4.45. The van der Waals surface area contributed by atoms with Gasteiger partial charge in [-0.05, 0) is 36.5 Å². The zero-order chi connectivity index (χ0) is 13.2. The molecule has 1 aromatic carbocycles. The molecule has 2 aliphatic rings. The van der Waals surface area contributed by atoms with Crippen molar-refractivity contribution in [1.29, 1.82) is 0 Å². The molecule has 0 amide bonds. The maximum Gasteiger partial charge on any atom is 0.165 e. The monoisotopic (exact) mass is 264 g/mol. The van der Waals surface area contributed by atoms with E-state index >= 15 is 0 Å². The second-order valence-electron chi connectivity index (χ2n) is 5.63. The van der Waals surface area contributed by atoms with Crippen molar-refractivity contribution >= 4 is 0 Å². The highest BCUT2D eigenvalue weighted by Gasteiger charge is 2.33. The molecule has 2 N–H and O–H groups in total. The highest BCUT2D eigenvalue weighted by molar-refractivity contribution is 5.30. The molecule has 4 heteroatoms. The standard InChI is InChI=1S/C15H21FN2O/c16-13-10-12(4-5-14(13)19)15(11-2-1-3-11)18-8-6-17-7-9-18/h4-5,10-11,15,17,19H,1-3,6-9H2/t15-/m1/s1. The molecule has 1 saturated carbocycles. The van der Waals surface area contributed by atoms with E-state index in [4.69, 9.17) is 0 Å². The van der Waals surface area contributed by atoms with Crippen LogP contribution in [0.1, 0.15) is 30.9 Å². The number of nitrogens with zero attached hydrogens (tertiary/aromatic N) is 1. The van der Waals surface area contributed by atoms with Crippen molar-refractivity contribution in [2.45, 2.75) is 25.3 Å². The van der Waals surface area contributed by atoms with Gasteiger partial charge in [0, 0.05) is 32.2 Å². The SMILES string of the molecule is Oc1ccc([C@@H](C2CCC2)N2CCNCC2)cc1F. The molecule has 1 atom stereocenters. The third kappa shape index (κ3) is 2.60. The molecule has 3 rings (SSSR count). The summed E-state index contributed by atoms with van der Waals surface area (Å²) in [4.78, 5) is 2.46. The van der Waals surface area contributed by atoms with Crippen LogP contribution in [0.2, 0.25) is 0 Å². The molecular weight excluding hydrogens is 243 g/mol. The molecule has 0 aromatic heterocycles. The van der Waals surface area contributed by atoms with Crippen molar-refractivity contribution in [2.75, 3.05) is 26.2 Å². The van der Waals surface area contributed by atoms with Gasteiger partial charge >= 0.3 is 0 Å². The Kier molecular flexibility index (Phi) is 3.71. The molecule has 1 saturated heterocycles. The lowest BCUT2D eigenvalue weighted by Crippen LogP contribution is -2.47. The Morgan fingerprint density at radius 1 is 1.26 bits per heavy atom. The van der Waals surface area contributed by atoms with E-state index in [2.05, 4.69) is 10.2 Å². The molecule has 0 bridgehead atoms. The minimum atomic E-state index is -0.503. The fourth-order valence-electron chi connectivity index (χ4n) is 3.20. The average Bonchev–Trinajstić information content (AvgIpc) is 2.38. The first kappa shape index (κ1) is 12.9. The number of hydrogen-bond acceptors (Lipinski definition) is 3. The molecule has 1 aliphatic carbocycles. The van der Waals surface area contributed by atoms with Gasteiger partial charge in [0.2, 0.25) is 0 Å². The Morgan fingerprint density at radius 2 is 2.00 bits per heavy atom. The molecule has 2 fully saturated rings. The Bertz CT molecular complexity index is 442. The van der Waals surface area contributed by atoms with Gasteiger partial charge in [0.15, 0.2) is 11.6 Å². The summed E-state index contributed by atoms with van der Waals surface area (Å²) in [6, 6.07) is 5.19. The quantitative estimate of drug-likeness (QED) is 0.879. The number of halogens is 1. The number of aromatic hydroxyl groups is 1. The van der Waals surface area contributed by atoms with E-state index in [0.717, 1.165) is 31.7 Å². The smallest absolute Gasteiger partial charge is 0.165 e. The van der Waals surface area contributed by atoms with E-state index in [0.29, 0.717) is 12.0 Å². The third-order valence-corrected chi connectivity index (χ3v) is 4.45. The highest BCUT2D eigenvalue weighted by atomic mass is 19.1. The summed E-state index contributed by atoms with van der Waals surface area (Å²) in [6.45, 7) is 4.04. The number of phenolic OH excluding ortho intramolecular Hbond substituents is 1. The zero-order valence-corrected chi connectivity index (χ0v) is 11.1. The molecule has 0 spiro atoms. The normalized spacial score (nSPS) is 23.0. The summed E-state index contributed by atoms with van der Waals surface area (Å²) in [6.07, 6.45) is 3.75. The minimum Gasteiger partial charge on any atom is -0.505 e. The second kappa shape index (κ2) is 5.47. The van der Waals surface area contributed by atoms with Crippen LogP contribution >= 0.6 is 0 Å². The van der Waals surface area contributed by atoms with Crippen LogP contribution in [0.25, 0.3) is 0 Å². The van der Waals surface area contributed by atoms with Crippen molar-refractivity contribution in [3.8, 4) is 5.75 Å². The first-order valence-corrected chi connectivity index (χ1v) is 7.19. The first-order chi connectivity index (χ1) is 9.25. The van der Waals surface area contributed by atoms with Crippen LogP contribution in [-0.4, -0.2) is 36.2 Å².